The topological polar surface area (TPSA) is 44.1 Å². The minimum Gasteiger partial charge on any atom is -0.381 e. The smallest absolute Gasteiger partial charge is 0.266 e. The van der Waals surface area contributed by atoms with Crippen LogP contribution in [0.25, 0.3) is 11.3 Å². The van der Waals surface area contributed by atoms with Crippen molar-refractivity contribution in [3.63, 3.8) is 0 Å². The first-order valence-electron chi connectivity index (χ1n) is 7.65. The molecular formula is C17H17FN2O2. The quantitative estimate of drug-likeness (QED) is 0.874. The van der Waals surface area contributed by atoms with Gasteiger partial charge in [0.15, 0.2) is 0 Å². The van der Waals surface area contributed by atoms with E-state index in [0.717, 1.165) is 19.6 Å². The fourth-order valence-corrected chi connectivity index (χ4v) is 3.50. The van der Waals surface area contributed by atoms with E-state index in [4.69, 9.17) is 4.74 Å². The van der Waals surface area contributed by atoms with Crippen LogP contribution in [0.1, 0.15) is 6.42 Å². The van der Waals surface area contributed by atoms with Crippen molar-refractivity contribution in [1.82, 2.24) is 9.78 Å². The molecule has 1 saturated heterocycles. The molecular weight excluding hydrogens is 283 g/mol. The van der Waals surface area contributed by atoms with Crippen LogP contribution in [0.5, 0.6) is 0 Å². The maximum atomic E-state index is 13.9. The standard InChI is InChI=1S/C17H17FN2O2/c18-15-4-2-1-3-12(15)16-5-6-17(21)20(19-16)9-13-11-7-8-22-10-14(11)13/h1-6,11,13-14H,7-10H2. The first kappa shape index (κ1) is 13.6. The highest BCUT2D eigenvalue weighted by Gasteiger charge is 2.51. The van der Waals surface area contributed by atoms with Crippen molar-refractivity contribution in [2.45, 2.75) is 13.0 Å². The number of ether oxygens (including phenoxy) is 1. The van der Waals surface area contributed by atoms with Crippen LogP contribution < -0.4 is 5.56 Å². The second kappa shape index (κ2) is 5.32. The summed E-state index contributed by atoms with van der Waals surface area (Å²) < 4.78 is 20.8. The van der Waals surface area contributed by atoms with E-state index < -0.39 is 0 Å². The third-order valence-electron chi connectivity index (χ3n) is 4.81. The molecule has 0 N–H and O–H groups in total. The van der Waals surface area contributed by atoms with Gasteiger partial charge in [0.2, 0.25) is 0 Å². The van der Waals surface area contributed by atoms with Crippen LogP contribution in [0.2, 0.25) is 0 Å². The molecule has 4 rings (SSSR count). The summed E-state index contributed by atoms with van der Waals surface area (Å²) >= 11 is 0. The predicted octanol–water partition coefficient (Wildman–Crippen LogP) is 2.33. The normalized spacial score (nSPS) is 26.5. The molecule has 114 valence electrons. The van der Waals surface area contributed by atoms with Gasteiger partial charge in [0.1, 0.15) is 5.82 Å². The van der Waals surface area contributed by atoms with Gasteiger partial charge in [-0.15, -0.1) is 0 Å². The zero-order chi connectivity index (χ0) is 15.1. The van der Waals surface area contributed by atoms with Crippen LogP contribution in [-0.2, 0) is 11.3 Å². The summed E-state index contributed by atoms with van der Waals surface area (Å²) in [4.78, 5) is 12.0. The maximum Gasteiger partial charge on any atom is 0.266 e. The van der Waals surface area contributed by atoms with E-state index in [-0.39, 0.29) is 11.4 Å². The van der Waals surface area contributed by atoms with Crippen LogP contribution in [-0.4, -0.2) is 23.0 Å². The number of halogens is 1. The van der Waals surface area contributed by atoms with Gasteiger partial charge >= 0.3 is 0 Å². The molecule has 2 fully saturated rings. The van der Waals surface area contributed by atoms with E-state index in [1.165, 1.54) is 16.8 Å². The van der Waals surface area contributed by atoms with Crippen molar-refractivity contribution < 1.29 is 9.13 Å². The highest BCUT2D eigenvalue weighted by Crippen LogP contribution is 2.51. The monoisotopic (exact) mass is 300 g/mol. The molecule has 2 aromatic rings. The van der Waals surface area contributed by atoms with Crippen LogP contribution in [0, 0.1) is 23.6 Å². The molecule has 1 aromatic heterocycles. The molecule has 1 aliphatic carbocycles. The molecule has 1 aromatic carbocycles. The lowest BCUT2D eigenvalue weighted by atomic mass is 10.1. The highest BCUT2D eigenvalue weighted by atomic mass is 19.1. The molecule has 4 nitrogen and oxygen atoms in total. The summed E-state index contributed by atoms with van der Waals surface area (Å²) in [7, 11) is 0. The molecule has 1 aliphatic heterocycles. The third kappa shape index (κ3) is 2.35. The van der Waals surface area contributed by atoms with Crippen molar-refractivity contribution in [3.05, 3.63) is 52.6 Å². The number of fused-ring (bicyclic) bond motifs is 1. The molecule has 0 spiro atoms. The zero-order valence-electron chi connectivity index (χ0n) is 12.1. The summed E-state index contributed by atoms with van der Waals surface area (Å²) in [6.45, 7) is 2.20. The van der Waals surface area contributed by atoms with E-state index >= 15 is 0 Å². The lowest BCUT2D eigenvalue weighted by Gasteiger charge is -2.07. The SMILES string of the molecule is O=c1ccc(-c2ccccc2F)nn1CC1C2CCOCC21. The molecule has 5 heteroatoms. The number of hydrogen-bond donors (Lipinski definition) is 0. The van der Waals surface area contributed by atoms with Crippen LogP contribution in [0.15, 0.2) is 41.2 Å². The Morgan fingerprint density at radius 2 is 2.09 bits per heavy atom. The number of benzene rings is 1. The zero-order valence-corrected chi connectivity index (χ0v) is 12.1. The first-order chi connectivity index (χ1) is 10.7. The van der Waals surface area contributed by atoms with Gasteiger partial charge in [-0.25, -0.2) is 9.07 Å². The van der Waals surface area contributed by atoms with E-state index in [1.807, 2.05) is 0 Å². The Morgan fingerprint density at radius 3 is 2.86 bits per heavy atom. The lowest BCUT2D eigenvalue weighted by Crippen LogP contribution is -2.23. The van der Waals surface area contributed by atoms with E-state index in [0.29, 0.717) is 35.6 Å². The molecule has 0 radical (unpaired) electrons. The van der Waals surface area contributed by atoms with Gasteiger partial charge in [0.05, 0.1) is 5.69 Å². The van der Waals surface area contributed by atoms with E-state index in [1.54, 1.807) is 24.3 Å². The summed E-state index contributed by atoms with van der Waals surface area (Å²) in [5.41, 5.74) is 0.787. The summed E-state index contributed by atoms with van der Waals surface area (Å²) in [5, 5.41) is 4.36. The van der Waals surface area contributed by atoms with Gasteiger partial charge in [-0.3, -0.25) is 4.79 Å². The van der Waals surface area contributed by atoms with Gasteiger partial charge in [-0.1, -0.05) is 12.1 Å². The van der Waals surface area contributed by atoms with Crippen molar-refractivity contribution in [2.75, 3.05) is 13.2 Å². The largest absolute Gasteiger partial charge is 0.381 e. The van der Waals surface area contributed by atoms with Crippen LogP contribution in [0.4, 0.5) is 4.39 Å². The molecule has 2 aliphatic rings. The van der Waals surface area contributed by atoms with E-state index in [9.17, 15) is 9.18 Å². The van der Waals surface area contributed by atoms with Crippen LogP contribution in [0.3, 0.4) is 0 Å². The number of rotatable bonds is 3. The highest BCUT2D eigenvalue weighted by molar-refractivity contribution is 5.58. The average molecular weight is 300 g/mol. The summed E-state index contributed by atoms with van der Waals surface area (Å²) in [6, 6.07) is 9.54. The number of aromatic nitrogens is 2. The molecule has 22 heavy (non-hydrogen) atoms. The Balaban J connectivity index is 1.62. The Kier molecular flexibility index (Phi) is 3.30. The Hall–Kier alpha value is -2.01. The second-order valence-electron chi connectivity index (χ2n) is 6.07. The number of nitrogens with zero attached hydrogens (tertiary/aromatic N) is 2. The molecule has 0 bridgehead atoms. The van der Waals surface area contributed by atoms with E-state index in [2.05, 4.69) is 5.10 Å². The van der Waals surface area contributed by atoms with Crippen molar-refractivity contribution in [3.8, 4) is 11.3 Å². The van der Waals surface area contributed by atoms with Gasteiger partial charge in [0.25, 0.3) is 5.56 Å². The molecule has 2 heterocycles. The first-order valence-corrected chi connectivity index (χ1v) is 7.65. The Morgan fingerprint density at radius 1 is 1.23 bits per heavy atom. The predicted molar refractivity (Wildman–Crippen MR) is 79.8 cm³/mol. The lowest BCUT2D eigenvalue weighted by molar-refractivity contribution is 0.0884. The third-order valence-corrected chi connectivity index (χ3v) is 4.81. The number of hydrogen-bond acceptors (Lipinski definition) is 3. The molecule has 1 saturated carbocycles. The Labute approximate surface area is 127 Å². The van der Waals surface area contributed by atoms with Gasteiger partial charge in [-0.2, -0.15) is 5.10 Å². The maximum absolute atomic E-state index is 13.9. The average Bonchev–Trinajstić information content (AvgIpc) is 3.23. The minimum absolute atomic E-state index is 0.135. The Bertz CT molecular complexity index is 746. The van der Waals surface area contributed by atoms with Crippen molar-refractivity contribution >= 4 is 0 Å². The minimum atomic E-state index is -0.325. The van der Waals surface area contributed by atoms with Gasteiger partial charge in [0, 0.05) is 31.4 Å². The molecule has 0 amide bonds. The van der Waals surface area contributed by atoms with Gasteiger partial charge < -0.3 is 4.74 Å². The van der Waals surface area contributed by atoms with Crippen molar-refractivity contribution in [1.29, 1.82) is 0 Å². The summed E-state index contributed by atoms with van der Waals surface area (Å²) in [6.07, 6.45) is 1.07. The van der Waals surface area contributed by atoms with Crippen molar-refractivity contribution in [2.24, 2.45) is 17.8 Å². The molecule has 3 unspecified atom stereocenters. The summed E-state index contributed by atoms with van der Waals surface area (Å²) in [5.74, 6) is 1.34. The van der Waals surface area contributed by atoms with Crippen LogP contribution >= 0.6 is 0 Å². The molecule has 3 atom stereocenters. The fourth-order valence-electron chi connectivity index (χ4n) is 3.50. The van der Waals surface area contributed by atoms with Gasteiger partial charge in [-0.05, 0) is 42.4 Å². The second-order valence-corrected chi connectivity index (χ2v) is 6.07. The fraction of sp³-hybridized carbons (Fsp3) is 0.412.